The van der Waals surface area contributed by atoms with Crippen molar-refractivity contribution < 1.29 is 5.11 Å². The van der Waals surface area contributed by atoms with E-state index in [4.69, 9.17) is 0 Å². The Morgan fingerprint density at radius 1 is 1.06 bits per heavy atom. The molecule has 1 unspecified atom stereocenters. The minimum atomic E-state index is -0.615. The highest BCUT2D eigenvalue weighted by atomic mass is 16.3. The van der Waals surface area contributed by atoms with Gasteiger partial charge in [-0.15, -0.1) is 5.92 Å². The van der Waals surface area contributed by atoms with Gasteiger partial charge in [0.05, 0.1) is 0 Å². The Morgan fingerprint density at radius 3 is 2.00 bits per heavy atom. The Morgan fingerprint density at radius 2 is 1.59 bits per heavy atom. The monoisotopic (exact) mass is 234 g/mol. The van der Waals surface area contributed by atoms with E-state index in [0.29, 0.717) is 0 Å². The Labute approximate surface area is 107 Å². The molecular formula is C16H26O. The van der Waals surface area contributed by atoms with Crippen molar-refractivity contribution in [1.82, 2.24) is 0 Å². The molecule has 0 saturated heterocycles. The highest BCUT2D eigenvalue weighted by molar-refractivity contribution is 5.17. The maximum atomic E-state index is 10.1. The van der Waals surface area contributed by atoms with E-state index in [0.717, 1.165) is 6.42 Å². The quantitative estimate of drug-likeness (QED) is 0.725. The maximum absolute atomic E-state index is 10.1. The van der Waals surface area contributed by atoms with Crippen molar-refractivity contribution in [3.05, 3.63) is 0 Å². The van der Waals surface area contributed by atoms with E-state index < -0.39 is 6.10 Å². The van der Waals surface area contributed by atoms with Gasteiger partial charge in [0.1, 0.15) is 6.10 Å². The van der Waals surface area contributed by atoms with E-state index in [1.54, 1.807) is 0 Å². The van der Waals surface area contributed by atoms with Crippen LogP contribution in [0.1, 0.15) is 54.9 Å². The number of hydrogen-bond donors (Lipinski definition) is 1. The van der Waals surface area contributed by atoms with Crippen molar-refractivity contribution in [2.45, 2.75) is 61.0 Å². The zero-order valence-corrected chi connectivity index (χ0v) is 12.3. The summed E-state index contributed by atoms with van der Waals surface area (Å²) in [7, 11) is 0. The van der Waals surface area contributed by atoms with Crippen LogP contribution in [-0.4, -0.2) is 11.2 Å². The lowest BCUT2D eigenvalue weighted by molar-refractivity contribution is 0.116. The van der Waals surface area contributed by atoms with Crippen LogP contribution in [0.3, 0.4) is 0 Å². The standard InChI is InChI=1S/C16H26O/c1-8-9-11-16(6,7)13(2)14(17)10-12-15(3,4)5/h13-14,17H,8H2,1-7H3/t13?,14-/m1/s1. The summed E-state index contributed by atoms with van der Waals surface area (Å²) in [6.45, 7) is 14.3. The molecule has 0 amide bonds. The van der Waals surface area contributed by atoms with Gasteiger partial charge < -0.3 is 5.11 Å². The molecular weight excluding hydrogens is 208 g/mol. The molecule has 0 fully saturated rings. The number of rotatable bonds is 2. The lowest BCUT2D eigenvalue weighted by Crippen LogP contribution is -2.30. The topological polar surface area (TPSA) is 20.2 Å². The normalized spacial score (nSPS) is 15.1. The van der Waals surface area contributed by atoms with Gasteiger partial charge in [0.15, 0.2) is 0 Å². The van der Waals surface area contributed by atoms with Crippen molar-refractivity contribution in [1.29, 1.82) is 0 Å². The zero-order chi connectivity index (χ0) is 13.7. The molecule has 2 atom stereocenters. The van der Waals surface area contributed by atoms with Crippen LogP contribution < -0.4 is 0 Å². The van der Waals surface area contributed by atoms with Gasteiger partial charge in [-0.05, 0) is 34.6 Å². The molecule has 0 saturated carbocycles. The van der Waals surface area contributed by atoms with Crippen LogP contribution in [-0.2, 0) is 0 Å². The van der Waals surface area contributed by atoms with E-state index in [9.17, 15) is 5.11 Å². The van der Waals surface area contributed by atoms with Gasteiger partial charge in [-0.1, -0.05) is 31.6 Å². The molecule has 0 aromatic carbocycles. The summed E-state index contributed by atoms with van der Waals surface area (Å²) in [5.74, 6) is 12.4. The van der Waals surface area contributed by atoms with E-state index in [1.165, 1.54) is 0 Å². The van der Waals surface area contributed by atoms with Gasteiger partial charge in [0, 0.05) is 23.2 Å². The second-order valence-electron chi connectivity index (χ2n) is 6.13. The van der Waals surface area contributed by atoms with Gasteiger partial charge >= 0.3 is 0 Å². The number of hydrogen-bond acceptors (Lipinski definition) is 1. The summed E-state index contributed by atoms with van der Waals surface area (Å²) in [5, 5.41) is 10.1. The van der Waals surface area contributed by atoms with Crippen LogP contribution in [0.15, 0.2) is 0 Å². The molecule has 0 radical (unpaired) electrons. The Kier molecular flexibility index (Phi) is 5.80. The third kappa shape index (κ3) is 6.40. The summed E-state index contributed by atoms with van der Waals surface area (Å²) in [6.07, 6.45) is 0.232. The summed E-state index contributed by atoms with van der Waals surface area (Å²) in [4.78, 5) is 0. The molecule has 0 bridgehead atoms. The van der Waals surface area contributed by atoms with Crippen LogP contribution in [0.4, 0.5) is 0 Å². The first-order valence-electron chi connectivity index (χ1n) is 6.31. The number of aliphatic hydroxyl groups excluding tert-OH is 1. The molecule has 0 aliphatic rings. The minimum absolute atomic E-state index is 0.0383. The minimum Gasteiger partial charge on any atom is -0.380 e. The predicted octanol–water partition coefficient (Wildman–Crippen LogP) is 3.47. The van der Waals surface area contributed by atoms with E-state index in [-0.39, 0.29) is 16.7 Å². The van der Waals surface area contributed by atoms with Crippen molar-refractivity contribution in [3.63, 3.8) is 0 Å². The largest absolute Gasteiger partial charge is 0.380 e. The van der Waals surface area contributed by atoms with Gasteiger partial charge in [0.25, 0.3) is 0 Å². The van der Waals surface area contributed by atoms with Crippen molar-refractivity contribution in [2.75, 3.05) is 0 Å². The maximum Gasteiger partial charge on any atom is 0.118 e. The second kappa shape index (κ2) is 6.13. The summed E-state index contributed by atoms with van der Waals surface area (Å²) in [5.41, 5.74) is -0.276. The predicted molar refractivity (Wildman–Crippen MR) is 74.2 cm³/mol. The Balaban J connectivity index is 4.80. The van der Waals surface area contributed by atoms with Crippen molar-refractivity contribution >= 4 is 0 Å². The zero-order valence-electron chi connectivity index (χ0n) is 12.3. The van der Waals surface area contributed by atoms with E-state index in [1.807, 2.05) is 34.6 Å². The molecule has 1 N–H and O–H groups in total. The van der Waals surface area contributed by atoms with Crippen LogP contribution in [0, 0.1) is 40.4 Å². The van der Waals surface area contributed by atoms with Gasteiger partial charge in [-0.25, -0.2) is 0 Å². The molecule has 0 rings (SSSR count). The first kappa shape index (κ1) is 16.1. The van der Waals surface area contributed by atoms with E-state index >= 15 is 0 Å². The van der Waals surface area contributed by atoms with Gasteiger partial charge in [-0.2, -0.15) is 0 Å². The summed E-state index contributed by atoms with van der Waals surface area (Å²) >= 11 is 0. The molecule has 17 heavy (non-hydrogen) atoms. The van der Waals surface area contributed by atoms with Gasteiger partial charge in [-0.3, -0.25) is 0 Å². The molecule has 0 aliphatic carbocycles. The second-order valence-corrected chi connectivity index (χ2v) is 6.13. The Hall–Kier alpha value is -0.920. The lowest BCUT2D eigenvalue weighted by Gasteiger charge is -2.28. The fraction of sp³-hybridized carbons (Fsp3) is 0.750. The SMILES string of the molecule is CCC#CC(C)(C)C(C)[C@H](O)C#CC(C)(C)C. The van der Waals surface area contributed by atoms with Crippen LogP contribution >= 0.6 is 0 Å². The first-order valence-corrected chi connectivity index (χ1v) is 6.31. The van der Waals surface area contributed by atoms with Crippen LogP contribution in [0.5, 0.6) is 0 Å². The molecule has 0 aromatic heterocycles. The first-order chi connectivity index (χ1) is 7.60. The molecule has 0 spiro atoms. The van der Waals surface area contributed by atoms with Crippen molar-refractivity contribution in [3.8, 4) is 23.7 Å². The average Bonchev–Trinajstić information content (AvgIpc) is 2.21. The summed E-state index contributed by atoms with van der Waals surface area (Å²) in [6, 6.07) is 0. The van der Waals surface area contributed by atoms with Crippen LogP contribution in [0.25, 0.3) is 0 Å². The van der Waals surface area contributed by atoms with Gasteiger partial charge in [0.2, 0.25) is 0 Å². The fourth-order valence-electron chi connectivity index (χ4n) is 1.24. The third-order valence-corrected chi connectivity index (χ3v) is 2.79. The average molecular weight is 234 g/mol. The van der Waals surface area contributed by atoms with Crippen LogP contribution in [0.2, 0.25) is 0 Å². The lowest BCUT2D eigenvalue weighted by atomic mass is 9.77. The van der Waals surface area contributed by atoms with Crippen molar-refractivity contribution in [2.24, 2.45) is 16.7 Å². The smallest absolute Gasteiger partial charge is 0.118 e. The molecule has 0 aliphatic heterocycles. The molecule has 96 valence electrons. The Bertz CT molecular complexity index is 349. The van der Waals surface area contributed by atoms with E-state index in [2.05, 4.69) is 37.5 Å². The molecule has 0 aromatic rings. The molecule has 1 nitrogen and oxygen atoms in total. The highest BCUT2D eigenvalue weighted by Crippen LogP contribution is 2.28. The highest BCUT2D eigenvalue weighted by Gasteiger charge is 2.28. The molecule has 1 heteroatoms. The summed E-state index contributed by atoms with van der Waals surface area (Å²) < 4.78 is 0. The number of aliphatic hydroxyl groups is 1. The molecule has 0 heterocycles. The fourth-order valence-corrected chi connectivity index (χ4v) is 1.24. The third-order valence-electron chi connectivity index (χ3n) is 2.79.